The first-order valence-corrected chi connectivity index (χ1v) is 8.07. The molecule has 0 aliphatic carbocycles. The number of hydrazine groups is 1. The van der Waals surface area contributed by atoms with Crippen LogP contribution in [0.25, 0.3) is 0 Å². The van der Waals surface area contributed by atoms with Crippen LogP contribution < -0.4 is 11.3 Å². The molecule has 0 fully saturated rings. The van der Waals surface area contributed by atoms with Crippen molar-refractivity contribution in [1.29, 1.82) is 0 Å². The van der Waals surface area contributed by atoms with Gasteiger partial charge in [0.15, 0.2) is 0 Å². The van der Waals surface area contributed by atoms with Crippen molar-refractivity contribution in [2.75, 3.05) is 5.75 Å². The van der Waals surface area contributed by atoms with E-state index in [4.69, 9.17) is 17.4 Å². The Bertz CT molecular complexity index is 603. The van der Waals surface area contributed by atoms with Gasteiger partial charge in [0, 0.05) is 27.6 Å². The van der Waals surface area contributed by atoms with Crippen molar-refractivity contribution < 1.29 is 0 Å². The van der Waals surface area contributed by atoms with E-state index in [1.54, 1.807) is 0 Å². The van der Waals surface area contributed by atoms with Crippen LogP contribution in [0.15, 0.2) is 53.4 Å². The zero-order valence-corrected chi connectivity index (χ0v) is 12.6. The van der Waals surface area contributed by atoms with Crippen molar-refractivity contribution in [2.24, 2.45) is 5.84 Å². The van der Waals surface area contributed by atoms with Gasteiger partial charge in [-0.05, 0) is 29.7 Å². The monoisotopic (exact) mass is 304 g/mol. The molecule has 2 atom stereocenters. The fourth-order valence-electron chi connectivity index (χ4n) is 2.74. The van der Waals surface area contributed by atoms with E-state index in [0.717, 1.165) is 22.8 Å². The summed E-state index contributed by atoms with van der Waals surface area (Å²) in [5.41, 5.74) is 5.53. The van der Waals surface area contributed by atoms with Gasteiger partial charge >= 0.3 is 0 Å². The molecule has 104 valence electrons. The molecule has 3 N–H and O–H groups in total. The minimum Gasteiger partial charge on any atom is -0.271 e. The molecular weight excluding hydrogens is 288 g/mol. The summed E-state index contributed by atoms with van der Waals surface area (Å²) in [7, 11) is 0. The van der Waals surface area contributed by atoms with Crippen molar-refractivity contribution in [3.05, 3.63) is 64.7 Å². The van der Waals surface area contributed by atoms with Gasteiger partial charge in [0.05, 0.1) is 0 Å². The molecule has 2 unspecified atom stereocenters. The predicted molar refractivity (Wildman–Crippen MR) is 86.2 cm³/mol. The molecular formula is C16H17ClN2S. The van der Waals surface area contributed by atoms with E-state index in [0.29, 0.717) is 5.92 Å². The molecule has 0 radical (unpaired) electrons. The van der Waals surface area contributed by atoms with Gasteiger partial charge in [-0.15, -0.1) is 11.8 Å². The van der Waals surface area contributed by atoms with Crippen molar-refractivity contribution in [1.82, 2.24) is 5.43 Å². The van der Waals surface area contributed by atoms with Crippen LogP contribution in [0.1, 0.15) is 17.0 Å². The molecule has 0 bridgehead atoms. The number of rotatable bonds is 4. The molecule has 2 aromatic rings. The molecule has 0 amide bonds. The Morgan fingerprint density at radius 3 is 2.75 bits per heavy atom. The third-order valence-corrected chi connectivity index (χ3v) is 5.41. The zero-order chi connectivity index (χ0) is 13.9. The lowest BCUT2D eigenvalue weighted by atomic mass is 9.89. The molecule has 1 heterocycles. The largest absolute Gasteiger partial charge is 0.271 e. The Kier molecular flexibility index (Phi) is 4.32. The highest BCUT2D eigenvalue weighted by Crippen LogP contribution is 2.41. The Hall–Kier alpha value is -1.00. The number of nitrogens with two attached hydrogens (primary N) is 1. The van der Waals surface area contributed by atoms with Gasteiger partial charge in [0.2, 0.25) is 0 Å². The predicted octanol–water partition coefficient (Wildman–Crippen LogP) is 3.60. The van der Waals surface area contributed by atoms with Gasteiger partial charge in [-0.25, -0.2) is 0 Å². The number of thioether (sulfide) groups is 1. The fourth-order valence-corrected chi connectivity index (χ4v) is 4.28. The average Bonchev–Trinajstić information content (AvgIpc) is 2.90. The molecule has 0 saturated heterocycles. The molecule has 0 saturated carbocycles. The molecule has 20 heavy (non-hydrogen) atoms. The third kappa shape index (κ3) is 2.72. The first-order valence-electron chi connectivity index (χ1n) is 6.71. The van der Waals surface area contributed by atoms with Crippen molar-refractivity contribution in [3.63, 3.8) is 0 Å². The first kappa shape index (κ1) is 14.0. The lowest BCUT2D eigenvalue weighted by Crippen LogP contribution is -2.41. The van der Waals surface area contributed by atoms with E-state index in [2.05, 4.69) is 35.8 Å². The summed E-state index contributed by atoms with van der Waals surface area (Å²) in [6.07, 6.45) is 0.843. The van der Waals surface area contributed by atoms with Crippen molar-refractivity contribution in [3.8, 4) is 0 Å². The van der Waals surface area contributed by atoms with Crippen LogP contribution in [-0.4, -0.2) is 11.8 Å². The van der Waals surface area contributed by atoms with Crippen molar-refractivity contribution in [2.45, 2.75) is 23.3 Å². The van der Waals surface area contributed by atoms with Crippen LogP contribution in [0.5, 0.6) is 0 Å². The summed E-state index contributed by atoms with van der Waals surface area (Å²) in [6.45, 7) is 0. The molecule has 0 aromatic heterocycles. The Balaban J connectivity index is 1.83. The lowest BCUT2D eigenvalue weighted by molar-refractivity contribution is 0.463. The first-order chi connectivity index (χ1) is 9.79. The summed E-state index contributed by atoms with van der Waals surface area (Å²) in [5, 5.41) is 0.812. The van der Waals surface area contributed by atoms with E-state index < -0.39 is 0 Å². The fraction of sp³-hybridized carbons (Fsp3) is 0.250. The van der Waals surface area contributed by atoms with E-state index in [9.17, 15) is 0 Å². The standard InChI is InChI=1S/C16H17ClN2S/c17-14-7-3-1-5-11(14)9-15(19-18)13-10-20-16-8-4-2-6-12(13)16/h1-8,13,15,19H,9-10,18H2. The number of benzene rings is 2. The topological polar surface area (TPSA) is 38.0 Å². The van der Waals surface area contributed by atoms with Crippen LogP contribution in [-0.2, 0) is 6.42 Å². The Morgan fingerprint density at radius 1 is 1.20 bits per heavy atom. The number of halogens is 1. The normalized spacial score (nSPS) is 18.8. The second-order valence-electron chi connectivity index (χ2n) is 5.02. The maximum atomic E-state index is 6.26. The van der Waals surface area contributed by atoms with Crippen LogP contribution in [0.4, 0.5) is 0 Å². The van der Waals surface area contributed by atoms with Gasteiger partial charge in [-0.1, -0.05) is 48.0 Å². The number of fused-ring (bicyclic) bond motifs is 1. The number of nitrogens with one attached hydrogen (secondary N) is 1. The summed E-state index contributed by atoms with van der Waals surface area (Å²) in [4.78, 5) is 1.37. The van der Waals surface area contributed by atoms with Crippen molar-refractivity contribution >= 4 is 23.4 Å². The number of hydrogen-bond acceptors (Lipinski definition) is 3. The summed E-state index contributed by atoms with van der Waals surface area (Å²) in [6, 6.07) is 16.8. The van der Waals surface area contributed by atoms with Gasteiger partial charge in [-0.3, -0.25) is 11.3 Å². The van der Waals surface area contributed by atoms with E-state index in [1.165, 1.54) is 10.5 Å². The van der Waals surface area contributed by atoms with E-state index in [-0.39, 0.29) is 6.04 Å². The third-order valence-electron chi connectivity index (χ3n) is 3.83. The van der Waals surface area contributed by atoms with E-state index in [1.807, 2.05) is 30.0 Å². The molecule has 2 aromatic carbocycles. The van der Waals surface area contributed by atoms with Gasteiger partial charge in [0.25, 0.3) is 0 Å². The minimum absolute atomic E-state index is 0.200. The highest BCUT2D eigenvalue weighted by molar-refractivity contribution is 7.99. The second-order valence-corrected chi connectivity index (χ2v) is 6.49. The van der Waals surface area contributed by atoms with Crippen LogP contribution in [0.3, 0.4) is 0 Å². The molecule has 4 heteroatoms. The maximum Gasteiger partial charge on any atom is 0.0438 e. The van der Waals surface area contributed by atoms with Crippen LogP contribution in [0.2, 0.25) is 5.02 Å². The maximum absolute atomic E-state index is 6.26. The molecule has 3 rings (SSSR count). The van der Waals surface area contributed by atoms with Gasteiger partial charge in [-0.2, -0.15) is 0 Å². The molecule has 1 aliphatic heterocycles. The molecule has 0 spiro atoms. The Labute approximate surface area is 128 Å². The minimum atomic E-state index is 0.200. The SMILES string of the molecule is NNC(Cc1ccccc1Cl)C1CSc2ccccc21. The van der Waals surface area contributed by atoms with E-state index >= 15 is 0 Å². The lowest BCUT2D eigenvalue weighted by Gasteiger charge is -2.23. The Morgan fingerprint density at radius 2 is 1.95 bits per heavy atom. The quantitative estimate of drug-likeness (QED) is 0.669. The number of hydrogen-bond donors (Lipinski definition) is 2. The van der Waals surface area contributed by atoms with Gasteiger partial charge < -0.3 is 0 Å². The zero-order valence-electron chi connectivity index (χ0n) is 11.1. The molecule has 1 aliphatic rings. The highest BCUT2D eigenvalue weighted by Gasteiger charge is 2.29. The summed E-state index contributed by atoms with van der Waals surface area (Å²) >= 11 is 8.16. The second kappa shape index (κ2) is 6.19. The highest BCUT2D eigenvalue weighted by atomic mass is 35.5. The summed E-state index contributed by atoms with van der Waals surface area (Å²) in [5.74, 6) is 7.30. The molecule has 2 nitrogen and oxygen atoms in total. The summed E-state index contributed by atoms with van der Waals surface area (Å²) < 4.78 is 0. The van der Waals surface area contributed by atoms with Crippen LogP contribution >= 0.6 is 23.4 Å². The van der Waals surface area contributed by atoms with Crippen LogP contribution in [0, 0.1) is 0 Å². The average molecular weight is 305 g/mol. The smallest absolute Gasteiger partial charge is 0.0438 e. The van der Waals surface area contributed by atoms with Gasteiger partial charge in [0.1, 0.15) is 0 Å².